The minimum Gasteiger partial charge on any atom is -0.478 e. The lowest BCUT2D eigenvalue weighted by Gasteiger charge is -2.19. The zero-order valence-corrected chi connectivity index (χ0v) is 10.1. The number of nitrogens with one attached hydrogen (secondary N) is 1. The maximum atomic E-state index is 11.1. The molecule has 1 aromatic rings. The van der Waals surface area contributed by atoms with Crippen LogP contribution in [-0.2, 0) is 0 Å². The Bertz CT molecular complexity index is 490. The van der Waals surface area contributed by atoms with E-state index in [1.807, 2.05) is 0 Å². The third-order valence-corrected chi connectivity index (χ3v) is 2.57. The Kier molecular flexibility index (Phi) is 4.93. The van der Waals surface area contributed by atoms with Crippen molar-refractivity contribution in [1.82, 2.24) is 5.32 Å². The fourth-order valence-corrected chi connectivity index (χ4v) is 1.63. The van der Waals surface area contributed by atoms with Gasteiger partial charge in [0.2, 0.25) is 0 Å². The van der Waals surface area contributed by atoms with E-state index < -0.39 is 34.4 Å². The van der Waals surface area contributed by atoms with Crippen LogP contribution < -0.4 is 5.32 Å². The van der Waals surface area contributed by atoms with E-state index in [9.17, 15) is 25.1 Å². The van der Waals surface area contributed by atoms with Crippen molar-refractivity contribution >= 4 is 11.7 Å². The topological polar surface area (TPSA) is 133 Å². The lowest BCUT2D eigenvalue weighted by Crippen LogP contribution is -2.30. The van der Waals surface area contributed by atoms with Crippen LogP contribution in [-0.4, -0.2) is 45.9 Å². The number of nitro groups is 1. The number of likely N-dealkylation sites (N-methyl/N-ethyl adjacent to an activating group) is 1. The van der Waals surface area contributed by atoms with Gasteiger partial charge in [0, 0.05) is 18.7 Å². The number of rotatable bonds is 6. The fraction of sp³-hybridized carbons (Fsp3) is 0.364. The molecule has 19 heavy (non-hydrogen) atoms. The van der Waals surface area contributed by atoms with Crippen molar-refractivity contribution in [2.45, 2.75) is 12.2 Å². The maximum Gasteiger partial charge on any atom is 0.336 e. The Balaban J connectivity index is 3.20. The zero-order valence-electron chi connectivity index (χ0n) is 10.1. The largest absolute Gasteiger partial charge is 0.478 e. The molecule has 0 saturated carbocycles. The van der Waals surface area contributed by atoms with E-state index in [2.05, 4.69) is 5.32 Å². The van der Waals surface area contributed by atoms with Crippen molar-refractivity contribution in [3.8, 4) is 0 Å². The highest BCUT2D eigenvalue weighted by Gasteiger charge is 2.25. The number of hydrogen-bond donors (Lipinski definition) is 4. The molecule has 0 heterocycles. The quantitative estimate of drug-likeness (QED) is 0.419. The van der Waals surface area contributed by atoms with Gasteiger partial charge in [0.1, 0.15) is 6.10 Å². The van der Waals surface area contributed by atoms with Crippen LogP contribution in [0, 0.1) is 10.1 Å². The molecule has 0 radical (unpaired) electrons. The van der Waals surface area contributed by atoms with Crippen molar-refractivity contribution in [3.63, 3.8) is 0 Å². The molecule has 0 aliphatic heterocycles. The smallest absolute Gasteiger partial charge is 0.336 e. The molecule has 0 aliphatic carbocycles. The summed E-state index contributed by atoms with van der Waals surface area (Å²) in [7, 11) is 1.56. The van der Waals surface area contributed by atoms with E-state index in [0.29, 0.717) is 0 Å². The summed E-state index contributed by atoms with van der Waals surface area (Å²) >= 11 is 0. The number of carboxylic acid groups (broad SMARTS) is 1. The second-order valence-electron chi connectivity index (χ2n) is 3.90. The first-order valence-corrected chi connectivity index (χ1v) is 5.40. The number of benzene rings is 1. The Morgan fingerprint density at radius 1 is 1.47 bits per heavy atom. The van der Waals surface area contributed by atoms with Crippen LogP contribution in [0.2, 0.25) is 0 Å². The second kappa shape index (κ2) is 6.23. The molecular formula is C11H14N2O6. The van der Waals surface area contributed by atoms with Crippen LogP contribution >= 0.6 is 0 Å². The van der Waals surface area contributed by atoms with Gasteiger partial charge in [0.15, 0.2) is 0 Å². The van der Waals surface area contributed by atoms with Gasteiger partial charge < -0.3 is 20.6 Å². The molecule has 4 N–H and O–H groups in total. The van der Waals surface area contributed by atoms with Crippen LogP contribution in [0.3, 0.4) is 0 Å². The molecule has 2 atom stereocenters. The van der Waals surface area contributed by atoms with Crippen LogP contribution in [0.15, 0.2) is 18.2 Å². The number of nitrogens with zero attached hydrogens (tertiary/aromatic N) is 1. The summed E-state index contributed by atoms with van der Waals surface area (Å²) in [6.07, 6.45) is -2.66. The summed E-state index contributed by atoms with van der Waals surface area (Å²) in [4.78, 5) is 20.9. The summed E-state index contributed by atoms with van der Waals surface area (Å²) in [5.74, 6) is -1.41. The standard InChI is InChI=1S/C11H14N2O6/c1-12-5-9(14)10(15)7-3-2-6(13(18)19)4-8(7)11(16)17/h2-4,9-10,12,14-15H,5H2,1H3,(H,16,17). The number of aliphatic hydroxyl groups excluding tert-OH is 2. The Morgan fingerprint density at radius 3 is 2.58 bits per heavy atom. The Labute approximate surface area is 108 Å². The fourth-order valence-electron chi connectivity index (χ4n) is 1.63. The van der Waals surface area contributed by atoms with Gasteiger partial charge in [-0.05, 0) is 18.7 Å². The van der Waals surface area contributed by atoms with Crippen molar-refractivity contribution in [1.29, 1.82) is 0 Å². The van der Waals surface area contributed by atoms with Gasteiger partial charge in [-0.25, -0.2) is 4.79 Å². The zero-order chi connectivity index (χ0) is 14.6. The average molecular weight is 270 g/mol. The molecule has 2 unspecified atom stereocenters. The van der Waals surface area contributed by atoms with Gasteiger partial charge >= 0.3 is 5.97 Å². The van der Waals surface area contributed by atoms with Crippen LogP contribution in [0.25, 0.3) is 0 Å². The molecular weight excluding hydrogens is 256 g/mol. The normalized spacial score (nSPS) is 13.8. The van der Waals surface area contributed by atoms with Gasteiger partial charge in [0.25, 0.3) is 5.69 Å². The molecule has 0 amide bonds. The van der Waals surface area contributed by atoms with Crippen molar-refractivity contribution in [3.05, 3.63) is 39.4 Å². The molecule has 8 nitrogen and oxygen atoms in total. The van der Waals surface area contributed by atoms with Gasteiger partial charge in [-0.2, -0.15) is 0 Å². The predicted molar refractivity (Wildman–Crippen MR) is 64.9 cm³/mol. The molecule has 0 aliphatic rings. The van der Waals surface area contributed by atoms with Crippen molar-refractivity contribution < 1.29 is 25.0 Å². The molecule has 0 aromatic heterocycles. The highest BCUT2D eigenvalue weighted by Crippen LogP contribution is 2.25. The SMILES string of the molecule is CNCC(O)C(O)c1ccc([N+](=O)[O-])cc1C(=O)O. The number of aromatic carboxylic acids is 1. The Morgan fingerprint density at radius 2 is 2.11 bits per heavy atom. The summed E-state index contributed by atoms with van der Waals surface area (Å²) in [6, 6.07) is 3.06. The first-order chi connectivity index (χ1) is 8.88. The monoisotopic (exact) mass is 270 g/mol. The predicted octanol–water partition coefficient (Wildman–Crippen LogP) is -0.0933. The lowest BCUT2D eigenvalue weighted by molar-refractivity contribution is -0.384. The average Bonchev–Trinajstić information content (AvgIpc) is 2.37. The van der Waals surface area contributed by atoms with E-state index in [1.54, 1.807) is 7.05 Å². The maximum absolute atomic E-state index is 11.1. The van der Waals surface area contributed by atoms with Gasteiger partial charge in [0.05, 0.1) is 16.6 Å². The van der Waals surface area contributed by atoms with Gasteiger partial charge in [-0.1, -0.05) is 0 Å². The summed E-state index contributed by atoms with van der Waals surface area (Å²) in [5.41, 5.74) is -0.867. The molecule has 0 bridgehead atoms. The highest BCUT2D eigenvalue weighted by atomic mass is 16.6. The van der Waals surface area contributed by atoms with E-state index in [-0.39, 0.29) is 12.1 Å². The van der Waals surface area contributed by atoms with E-state index in [0.717, 1.165) is 18.2 Å². The number of hydrogen-bond acceptors (Lipinski definition) is 6. The molecule has 1 rings (SSSR count). The first kappa shape index (κ1) is 15.0. The van der Waals surface area contributed by atoms with Crippen molar-refractivity contribution in [2.24, 2.45) is 0 Å². The first-order valence-electron chi connectivity index (χ1n) is 5.40. The third kappa shape index (κ3) is 3.47. The minimum absolute atomic E-state index is 0.0528. The summed E-state index contributed by atoms with van der Waals surface area (Å²) in [6.45, 7) is 0.0528. The summed E-state index contributed by atoms with van der Waals surface area (Å²) < 4.78 is 0. The lowest BCUT2D eigenvalue weighted by atomic mass is 9.98. The molecule has 8 heteroatoms. The highest BCUT2D eigenvalue weighted by molar-refractivity contribution is 5.90. The van der Waals surface area contributed by atoms with Crippen molar-refractivity contribution in [2.75, 3.05) is 13.6 Å². The second-order valence-corrected chi connectivity index (χ2v) is 3.90. The number of carboxylic acids is 1. The molecule has 0 fully saturated rings. The van der Waals surface area contributed by atoms with Gasteiger partial charge in [-0.15, -0.1) is 0 Å². The molecule has 1 aromatic carbocycles. The number of non-ortho nitro benzene ring substituents is 1. The summed E-state index contributed by atoms with van der Waals surface area (Å²) in [5, 5.41) is 41.7. The van der Waals surface area contributed by atoms with Gasteiger partial charge in [-0.3, -0.25) is 10.1 Å². The number of nitro benzene ring substituents is 1. The number of carbonyl (C=O) groups is 1. The van der Waals surface area contributed by atoms with Crippen LogP contribution in [0.5, 0.6) is 0 Å². The molecule has 104 valence electrons. The van der Waals surface area contributed by atoms with E-state index >= 15 is 0 Å². The Hall–Kier alpha value is -2.03. The van der Waals surface area contributed by atoms with E-state index in [4.69, 9.17) is 5.11 Å². The number of aliphatic hydroxyl groups is 2. The minimum atomic E-state index is -1.45. The third-order valence-electron chi connectivity index (χ3n) is 2.57. The van der Waals surface area contributed by atoms with E-state index in [1.165, 1.54) is 0 Å². The molecule has 0 saturated heterocycles. The van der Waals surface area contributed by atoms with Crippen LogP contribution in [0.4, 0.5) is 5.69 Å². The molecule has 0 spiro atoms. The van der Waals surface area contributed by atoms with Crippen LogP contribution in [0.1, 0.15) is 22.0 Å².